The molecule has 0 N–H and O–H groups in total. The number of halogens is 1. The van der Waals surface area contributed by atoms with Gasteiger partial charge in [-0.25, -0.2) is 14.2 Å². The number of rotatable bonds is 5. The lowest BCUT2D eigenvalue weighted by atomic mass is 10.2. The van der Waals surface area contributed by atoms with Gasteiger partial charge in [-0.1, -0.05) is 30.3 Å². The standard InChI is InChI=1S/C19H20FN3O2/c1-3-25-19(24)22(2)13-18-21-16-10-6-7-11-17(16)23(18)12-14-8-4-5-9-15(14)20/h4-11H,3,12-13H2,1-2H3. The van der Waals surface area contributed by atoms with Gasteiger partial charge in [0.2, 0.25) is 0 Å². The second-order valence-electron chi connectivity index (χ2n) is 5.75. The number of fused-ring (bicyclic) bond motifs is 1. The van der Waals surface area contributed by atoms with Gasteiger partial charge in [-0.2, -0.15) is 0 Å². The first-order chi connectivity index (χ1) is 12.1. The second-order valence-corrected chi connectivity index (χ2v) is 5.75. The lowest BCUT2D eigenvalue weighted by molar-refractivity contribution is 0.113. The third-order valence-corrected chi connectivity index (χ3v) is 3.98. The molecule has 25 heavy (non-hydrogen) atoms. The van der Waals surface area contributed by atoms with Gasteiger partial charge in [0.25, 0.3) is 0 Å². The van der Waals surface area contributed by atoms with E-state index < -0.39 is 6.09 Å². The van der Waals surface area contributed by atoms with Crippen LogP contribution in [0.4, 0.5) is 9.18 Å². The Bertz CT molecular complexity index is 891. The minimum atomic E-state index is -0.410. The highest BCUT2D eigenvalue weighted by Gasteiger charge is 2.17. The van der Waals surface area contributed by atoms with Crippen molar-refractivity contribution in [2.24, 2.45) is 0 Å². The molecule has 3 rings (SSSR count). The van der Waals surface area contributed by atoms with Crippen molar-refractivity contribution in [1.29, 1.82) is 0 Å². The van der Waals surface area contributed by atoms with Gasteiger partial charge in [0.1, 0.15) is 11.6 Å². The predicted octanol–water partition coefficient (Wildman–Crippen LogP) is 3.81. The average molecular weight is 341 g/mol. The molecule has 0 saturated heterocycles. The molecule has 130 valence electrons. The third kappa shape index (κ3) is 3.63. The summed E-state index contributed by atoms with van der Waals surface area (Å²) in [6, 6.07) is 14.3. The molecule has 0 fully saturated rings. The lowest BCUT2D eigenvalue weighted by Crippen LogP contribution is -2.28. The highest BCUT2D eigenvalue weighted by molar-refractivity contribution is 5.76. The molecular weight excluding hydrogens is 321 g/mol. The number of carbonyl (C=O) groups is 1. The van der Waals surface area contributed by atoms with E-state index in [-0.39, 0.29) is 12.4 Å². The Morgan fingerprint density at radius 3 is 2.68 bits per heavy atom. The summed E-state index contributed by atoms with van der Waals surface area (Å²) in [5.41, 5.74) is 2.29. The van der Waals surface area contributed by atoms with E-state index in [1.165, 1.54) is 11.0 Å². The molecule has 6 heteroatoms. The van der Waals surface area contributed by atoms with Gasteiger partial charge in [-0.15, -0.1) is 0 Å². The Hall–Kier alpha value is -2.89. The average Bonchev–Trinajstić information content (AvgIpc) is 2.94. The largest absolute Gasteiger partial charge is 0.450 e. The van der Waals surface area contributed by atoms with Crippen LogP contribution >= 0.6 is 0 Å². The van der Waals surface area contributed by atoms with Crippen molar-refractivity contribution in [2.75, 3.05) is 13.7 Å². The van der Waals surface area contributed by atoms with E-state index in [1.807, 2.05) is 34.9 Å². The van der Waals surface area contributed by atoms with E-state index >= 15 is 0 Å². The van der Waals surface area contributed by atoms with Gasteiger partial charge >= 0.3 is 6.09 Å². The molecular formula is C19H20FN3O2. The fourth-order valence-corrected chi connectivity index (χ4v) is 2.73. The molecule has 0 atom stereocenters. The minimum absolute atomic E-state index is 0.259. The van der Waals surface area contributed by atoms with Crippen LogP contribution in [0.1, 0.15) is 18.3 Å². The van der Waals surface area contributed by atoms with Crippen molar-refractivity contribution in [3.05, 3.63) is 65.7 Å². The molecule has 2 aromatic carbocycles. The summed E-state index contributed by atoms with van der Waals surface area (Å²) in [6.07, 6.45) is -0.410. The fourth-order valence-electron chi connectivity index (χ4n) is 2.73. The number of ether oxygens (including phenoxy) is 1. The Balaban J connectivity index is 1.97. The van der Waals surface area contributed by atoms with E-state index in [2.05, 4.69) is 4.98 Å². The van der Waals surface area contributed by atoms with Crippen LogP contribution in [0, 0.1) is 5.82 Å². The van der Waals surface area contributed by atoms with Crippen LogP contribution in [0.5, 0.6) is 0 Å². The monoisotopic (exact) mass is 341 g/mol. The number of hydrogen-bond donors (Lipinski definition) is 0. The summed E-state index contributed by atoms with van der Waals surface area (Å²) in [5.74, 6) is 0.421. The molecule has 1 heterocycles. The van der Waals surface area contributed by atoms with Gasteiger partial charge in [0, 0.05) is 12.6 Å². The molecule has 0 saturated carbocycles. The zero-order valence-corrected chi connectivity index (χ0v) is 14.3. The molecule has 1 amide bonds. The summed E-state index contributed by atoms with van der Waals surface area (Å²) in [6.45, 7) is 2.70. The maximum atomic E-state index is 14.1. The highest BCUT2D eigenvalue weighted by atomic mass is 19.1. The maximum absolute atomic E-state index is 14.1. The van der Waals surface area contributed by atoms with Crippen molar-refractivity contribution >= 4 is 17.1 Å². The summed E-state index contributed by atoms with van der Waals surface area (Å²) in [4.78, 5) is 18.0. The number of hydrogen-bond acceptors (Lipinski definition) is 3. The Morgan fingerprint density at radius 2 is 1.92 bits per heavy atom. The van der Waals surface area contributed by atoms with Crippen molar-refractivity contribution in [2.45, 2.75) is 20.0 Å². The SMILES string of the molecule is CCOC(=O)N(C)Cc1nc2ccccc2n1Cc1ccccc1F. The van der Waals surface area contributed by atoms with Crippen LogP contribution in [0.25, 0.3) is 11.0 Å². The van der Waals surface area contributed by atoms with Crippen LogP contribution in [0.15, 0.2) is 48.5 Å². The van der Waals surface area contributed by atoms with Crippen LogP contribution in [-0.4, -0.2) is 34.2 Å². The zero-order chi connectivity index (χ0) is 17.8. The molecule has 0 unspecified atom stereocenters. The van der Waals surface area contributed by atoms with Crippen LogP contribution in [-0.2, 0) is 17.8 Å². The Labute approximate surface area is 145 Å². The van der Waals surface area contributed by atoms with Gasteiger partial charge < -0.3 is 14.2 Å². The topological polar surface area (TPSA) is 47.4 Å². The van der Waals surface area contributed by atoms with E-state index in [9.17, 15) is 9.18 Å². The smallest absolute Gasteiger partial charge is 0.409 e. The molecule has 3 aromatic rings. The number of aromatic nitrogens is 2. The van der Waals surface area contributed by atoms with Gasteiger partial charge in [-0.05, 0) is 25.1 Å². The maximum Gasteiger partial charge on any atom is 0.409 e. The molecule has 0 spiro atoms. The molecule has 0 aliphatic rings. The summed E-state index contributed by atoms with van der Waals surface area (Å²) in [7, 11) is 1.66. The van der Waals surface area contributed by atoms with Gasteiger partial charge in [0.15, 0.2) is 0 Å². The number of nitrogens with zero attached hydrogens (tertiary/aromatic N) is 3. The van der Waals surface area contributed by atoms with E-state index in [0.717, 1.165) is 11.0 Å². The third-order valence-electron chi connectivity index (χ3n) is 3.98. The van der Waals surface area contributed by atoms with Crippen molar-refractivity contribution < 1.29 is 13.9 Å². The summed E-state index contributed by atoms with van der Waals surface area (Å²) >= 11 is 0. The van der Waals surface area contributed by atoms with Crippen molar-refractivity contribution in [3.8, 4) is 0 Å². The normalized spacial score (nSPS) is 10.8. The second kappa shape index (κ2) is 7.34. The van der Waals surface area contributed by atoms with Crippen molar-refractivity contribution in [1.82, 2.24) is 14.5 Å². The quantitative estimate of drug-likeness (QED) is 0.709. The van der Waals surface area contributed by atoms with Crippen molar-refractivity contribution in [3.63, 3.8) is 0 Å². The molecule has 0 aliphatic carbocycles. The van der Waals surface area contributed by atoms with Gasteiger partial charge in [0.05, 0.1) is 30.7 Å². The minimum Gasteiger partial charge on any atom is -0.450 e. The van der Waals surface area contributed by atoms with Gasteiger partial charge in [-0.3, -0.25) is 0 Å². The summed E-state index contributed by atoms with van der Waals surface area (Å²) in [5, 5.41) is 0. The molecule has 5 nitrogen and oxygen atoms in total. The van der Waals surface area contributed by atoms with E-state index in [4.69, 9.17) is 4.74 Å². The molecule has 0 bridgehead atoms. The number of benzene rings is 2. The van der Waals surface area contributed by atoms with Crippen LogP contribution in [0.3, 0.4) is 0 Å². The molecule has 0 radical (unpaired) electrons. The van der Waals surface area contributed by atoms with Crippen LogP contribution in [0.2, 0.25) is 0 Å². The Kier molecular flexibility index (Phi) is 4.97. The predicted molar refractivity (Wildman–Crippen MR) is 93.7 cm³/mol. The summed E-state index contributed by atoms with van der Waals surface area (Å²) < 4.78 is 21.0. The lowest BCUT2D eigenvalue weighted by Gasteiger charge is -2.17. The first kappa shape index (κ1) is 17.0. The number of amides is 1. The first-order valence-corrected chi connectivity index (χ1v) is 8.15. The molecule has 1 aromatic heterocycles. The Morgan fingerprint density at radius 1 is 1.20 bits per heavy atom. The van der Waals surface area contributed by atoms with E-state index in [0.29, 0.717) is 24.5 Å². The fraction of sp³-hybridized carbons (Fsp3) is 0.263. The highest BCUT2D eigenvalue weighted by Crippen LogP contribution is 2.20. The van der Waals surface area contributed by atoms with Crippen LogP contribution < -0.4 is 0 Å². The number of para-hydroxylation sites is 2. The molecule has 0 aliphatic heterocycles. The first-order valence-electron chi connectivity index (χ1n) is 8.15. The number of carbonyl (C=O) groups excluding carboxylic acids is 1. The zero-order valence-electron chi connectivity index (χ0n) is 14.3. The van der Waals surface area contributed by atoms with E-state index in [1.54, 1.807) is 26.1 Å². The number of imidazole rings is 1.